The molecule has 0 aromatic carbocycles. The molecule has 0 aliphatic rings. The molecule has 0 bridgehead atoms. The van der Waals surface area contributed by atoms with E-state index in [9.17, 15) is 4.79 Å². The van der Waals surface area contributed by atoms with Gasteiger partial charge in [0.25, 0.3) is 0 Å². The summed E-state index contributed by atoms with van der Waals surface area (Å²) in [6, 6.07) is 0. The summed E-state index contributed by atoms with van der Waals surface area (Å²) in [5, 5.41) is 0. The Hall–Kier alpha value is 0.210. The van der Waals surface area contributed by atoms with Crippen molar-refractivity contribution < 1.29 is 40.5 Å². The number of hydrogen-bond donors (Lipinski definition) is 0. The van der Waals surface area contributed by atoms with E-state index < -0.39 is 0 Å². The number of carbonyl (C=O) groups excluding carboxylic acids is 1. The van der Waals surface area contributed by atoms with Crippen molar-refractivity contribution >= 4 is 5.97 Å². The predicted molar refractivity (Wildman–Crippen MR) is 143 cm³/mol. The van der Waals surface area contributed by atoms with Crippen molar-refractivity contribution in [1.29, 1.82) is 0 Å². The van der Waals surface area contributed by atoms with Crippen LogP contribution in [0, 0.1) is 0 Å². The van der Waals surface area contributed by atoms with Gasteiger partial charge in [0, 0.05) is 6.42 Å². The molecule has 0 heterocycles. The van der Waals surface area contributed by atoms with Gasteiger partial charge in [-0.15, -0.1) is 0 Å². The van der Waals surface area contributed by atoms with Gasteiger partial charge in [-0.1, -0.05) is 135 Å². The molecule has 0 aliphatic heterocycles. The molecule has 0 atom stereocenters. The van der Waals surface area contributed by atoms with Crippen molar-refractivity contribution in [3.05, 3.63) is 12.2 Å². The summed E-state index contributed by atoms with van der Waals surface area (Å²) in [6.07, 6.45) is 35.3. The topological polar surface area (TPSA) is 26.3 Å². The molecule has 0 amide bonds. The van der Waals surface area contributed by atoms with Crippen LogP contribution in [-0.4, -0.2) is 12.6 Å². The average molecular weight is 475 g/mol. The molecule has 0 rings (SSSR count). The first kappa shape index (κ1) is 35.4. The Balaban J connectivity index is -0.00000480. The van der Waals surface area contributed by atoms with Crippen LogP contribution in [0.25, 0.3) is 0 Å². The van der Waals surface area contributed by atoms with Gasteiger partial charge in [-0.3, -0.25) is 4.79 Å². The monoisotopic (exact) mass is 474 g/mol. The van der Waals surface area contributed by atoms with Crippen molar-refractivity contribution in [2.24, 2.45) is 0 Å². The van der Waals surface area contributed by atoms with E-state index in [0.717, 1.165) is 19.3 Å². The smallest absolute Gasteiger partial charge is 1.00 e. The molecule has 0 fully saturated rings. The number of carbonyl (C=O) groups is 1. The van der Waals surface area contributed by atoms with E-state index in [1.807, 2.05) is 0 Å². The van der Waals surface area contributed by atoms with Crippen molar-refractivity contribution in [3.63, 3.8) is 0 Å². The van der Waals surface area contributed by atoms with Crippen LogP contribution in [0.5, 0.6) is 0 Å². The van der Waals surface area contributed by atoms with Gasteiger partial charge in [-0.05, 0) is 38.5 Å². The minimum absolute atomic E-state index is 0. The molecular weight excluding hydrogens is 415 g/mol. The maximum Gasteiger partial charge on any atom is 1.00 e. The Kier molecular flexibility index (Phi) is 34.5. The largest absolute Gasteiger partial charge is 1.00 e. The zero-order valence-corrected chi connectivity index (χ0v) is 25.1. The molecule has 0 N–H and O–H groups in total. The average Bonchev–Trinajstić information content (AvgIpc) is 2.80. The van der Waals surface area contributed by atoms with Crippen molar-refractivity contribution in [1.82, 2.24) is 0 Å². The molecule has 33 heavy (non-hydrogen) atoms. The maximum atomic E-state index is 11.8. The van der Waals surface area contributed by atoms with E-state index in [2.05, 4.69) is 26.0 Å². The van der Waals surface area contributed by atoms with Gasteiger partial charge in [-0.25, -0.2) is 0 Å². The molecule has 0 unspecified atom stereocenters. The van der Waals surface area contributed by atoms with E-state index in [1.165, 1.54) is 128 Å². The molecule has 2 nitrogen and oxygen atoms in total. The summed E-state index contributed by atoms with van der Waals surface area (Å²) in [6.45, 7) is 5.17. The Labute approximate surface area is 232 Å². The minimum Gasteiger partial charge on any atom is -1.00 e. The SMILES string of the molecule is CCCCCCCCC=CCCCCCCCC(=O)OCCCCCCCCCCCC.[H-].[Na+]. The minimum atomic E-state index is 0. The first-order valence-electron chi connectivity index (χ1n) is 14.6. The number of esters is 1. The molecule has 192 valence electrons. The van der Waals surface area contributed by atoms with Crippen LogP contribution < -0.4 is 29.6 Å². The number of allylic oxidation sites excluding steroid dienone is 2. The quantitative estimate of drug-likeness (QED) is 0.0558. The van der Waals surface area contributed by atoms with E-state index >= 15 is 0 Å². The molecule has 0 aromatic rings. The van der Waals surface area contributed by atoms with E-state index in [4.69, 9.17) is 4.74 Å². The summed E-state index contributed by atoms with van der Waals surface area (Å²) in [7, 11) is 0. The predicted octanol–water partition coefficient (Wildman–Crippen LogP) is 7.60. The standard InChI is InChI=1S/C30H58O2.Na.H/c1-3-5-7-9-11-13-15-16-17-18-19-20-22-24-26-28-30(31)32-29-27-25-23-21-14-12-10-8-6-4-2;;/h16-17H,3-15,18-29H2,1-2H3;;/q;+1;-1. The summed E-state index contributed by atoms with van der Waals surface area (Å²) in [4.78, 5) is 11.8. The van der Waals surface area contributed by atoms with Gasteiger partial charge in [0.1, 0.15) is 0 Å². The van der Waals surface area contributed by atoms with Crippen molar-refractivity contribution in [2.45, 2.75) is 168 Å². The number of rotatable bonds is 26. The fourth-order valence-electron chi connectivity index (χ4n) is 4.19. The van der Waals surface area contributed by atoms with Crippen LogP contribution in [0.3, 0.4) is 0 Å². The van der Waals surface area contributed by atoms with Gasteiger partial charge in [0.15, 0.2) is 0 Å². The zero-order chi connectivity index (χ0) is 23.4. The Morgan fingerprint density at radius 3 is 1.36 bits per heavy atom. The van der Waals surface area contributed by atoms with Gasteiger partial charge < -0.3 is 6.16 Å². The Morgan fingerprint density at radius 1 is 0.545 bits per heavy atom. The third-order valence-corrected chi connectivity index (χ3v) is 6.40. The van der Waals surface area contributed by atoms with E-state index in [1.54, 1.807) is 0 Å². The molecular formula is C30H59NaO2. The molecule has 0 aliphatic carbocycles. The van der Waals surface area contributed by atoms with Gasteiger partial charge >= 0.3 is 35.5 Å². The van der Waals surface area contributed by atoms with E-state index in [-0.39, 0.29) is 37.0 Å². The molecule has 0 aromatic heterocycles. The molecule has 0 saturated heterocycles. The molecule has 3 heteroatoms. The maximum absolute atomic E-state index is 11.8. The van der Waals surface area contributed by atoms with Gasteiger partial charge in [0.2, 0.25) is 0 Å². The third-order valence-electron chi connectivity index (χ3n) is 6.40. The second-order valence-electron chi connectivity index (χ2n) is 9.74. The van der Waals surface area contributed by atoms with Crippen LogP contribution >= 0.6 is 0 Å². The Morgan fingerprint density at radius 2 is 0.909 bits per heavy atom. The first-order chi connectivity index (χ1) is 15.8. The molecule has 0 spiro atoms. The number of unbranched alkanes of at least 4 members (excludes halogenated alkanes) is 20. The fraction of sp³-hybridized carbons (Fsp3) is 0.900. The summed E-state index contributed by atoms with van der Waals surface area (Å²) < 4.78 is 5.39. The molecule has 0 radical (unpaired) electrons. The fourth-order valence-corrected chi connectivity index (χ4v) is 4.19. The van der Waals surface area contributed by atoms with Crippen LogP contribution in [0.1, 0.15) is 169 Å². The normalized spacial score (nSPS) is 11.1. The molecule has 0 saturated carbocycles. The van der Waals surface area contributed by atoms with Crippen molar-refractivity contribution in [2.75, 3.05) is 6.61 Å². The summed E-state index contributed by atoms with van der Waals surface area (Å²) in [5.74, 6) is 0.0125. The van der Waals surface area contributed by atoms with Crippen LogP contribution in [-0.2, 0) is 9.53 Å². The van der Waals surface area contributed by atoms with Gasteiger partial charge in [0.05, 0.1) is 6.61 Å². The zero-order valence-electron chi connectivity index (χ0n) is 24.1. The van der Waals surface area contributed by atoms with Crippen LogP contribution in [0.4, 0.5) is 0 Å². The van der Waals surface area contributed by atoms with E-state index in [0.29, 0.717) is 13.0 Å². The van der Waals surface area contributed by atoms with Crippen LogP contribution in [0.2, 0.25) is 0 Å². The summed E-state index contributed by atoms with van der Waals surface area (Å²) >= 11 is 0. The Bertz CT molecular complexity index is 401. The second-order valence-corrected chi connectivity index (χ2v) is 9.74. The number of hydrogen-bond acceptors (Lipinski definition) is 2. The van der Waals surface area contributed by atoms with Gasteiger partial charge in [-0.2, -0.15) is 0 Å². The second kappa shape index (κ2) is 32.2. The number of ether oxygens (including phenoxy) is 1. The summed E-state index contributed by atoms with van der Waals surface area (Å²) in [5.41, 5.74) is 0. The first-order valence-corrected chi connectivity index (χ1v) is 14.6. The van der Waals surface area contributed by atoms with Crippen LogP contribution in [0.15, 0.2) is 12.2 Å². The van der Waals surface area contributed by atoms with Crippen molar-refractivity contribution in [3.8, 4) is 0 Å². The third kappa shape index (κ3) is 32.2.